The summed E-state index contributed by atoms with van der Waals surface area (Å²) in [4.78, 5) is 4.34. The highest BCUT2D eigenvalue weighted by Gasteiger charge is 2.04. The molecule has 3 rings (SSSR count). The van der Waals surface area contributed by atoms with Gasteiger partial charge in [0.15, 0.2) is 0 Å². The van der Waals surface area contributed by atoms with E-state index in [4.69, 9.17) is 0 Å². The normalized spacial score (nSPS) is 10.9. The fourth-order valence-electron chi connectivity index (χ4n) is 2.28. The highest BCUT2D eigenvalue weighted by atomic mass is 15.0. The Morgan fingerprint density at radius 2 is 1.71 bits per heavy atom. The van der Waals surface area contributed by atoms with Crippen LogP contribution in [0.2, 0.25) is 0 Å². The second-order valence-electron chi connectivity index (χ2n) is 4.33. The number of nitrogens with zero attached hydrogens (tertiary/aromatic N) is 2. The summed E-state index contributed by atoms with van der Waals surface area (Å²) in [5, 5.41) is 1.18. The third kappa shape index (κ3) is 1.62. The van der Waals surface area contributed by atoms with Gasteiger partial charge < -0.3 is 4.57 Å². The summed E-state index contributed by atoms with van der Waals surface area (Å²) in [5.74, 6) is 0. The zero-order valence-corrected chi connectivity index (χ0v) is 10.0. The first-order valence-corrected chi connectivity index (χ1v) is 5.76. The predicted molar refractivity (Wildman–Crippen MR) is 70.5 cm³/mol. The number of benzene rings is 1. The molecule has 2 heteroatoms. The first-order chi connectivity index (χ1) is 8.25. The van der Waals surface area contributed by atoms with Crippen LogP contribution in [0.5, 0.6) is 0 Å². The van der Waals surface area contributed by atoms with Gasteiger partial charge in [0.25, 0.3) is 0 Å². The van der Waals surface area contributed by atoms with Gasteiger partial charge in [-0.05, 0) is 50.2 Å². The number of rotatable bonds is 1. The lowest BCUT2D eigenvalue weighted by molar-refractivity contribution is 0.968. The smallest absolute Gasteiger partial charge is 0.0703 e. The van der Waals surface area contributed by atoms with E-state index in [-0.39, 0.29) is 0 Å². The molecule has 0 N–H and O–H groups in total. The van der Waals surface area contributed by atoms with Gasteiger partial charge in [0.2, 0.25) is 0 Å². The van der Waals surface area contributed by atoms with Gasteiger partial charge in [0, 0.05) is 28.7 Å². The largest absolute Gasteiger partial charge is 0.318 e. The van der Waals surface area contributed by atoms with Crippen molar-refractivity contribution in [3.05, 3.63) is 60.0 Å². The molecule has 84 valence electrons. The van der Waals surface area contributed by atoms with E-state index < -0.39 is 0 Å². The second kappa shape index (κ2) is 3.74. The lowest BCUT2D eigenvalue weighted by Crippen LogP contribution is -1.98. The van der Waals surface area contributed by atoms with E-state index >= 15 is 0 Å². The van der Waals surface area contributed by atoms with E-state index in [0.717, 1.165) is 5.52 Å². The minimum Gasteiger partial charge on any atom is -0.318 e. The molecule has 0 radical (unpaired) electrons. The van der Waals surface area contributed by atoms with Gasteiger partial charge in [-0.3, -0.25) is 4.98 Å². The SMILES string of the molecule is Cc1ccc(C)n1-c1ccc2ncccc2c1. The Kier molecular flexibility index (Phi) is 2.22. The summed E-state index contributed by atoms with van der Waals surface area (Å²) >= 11 is 0. The molecular weight excluding hydrogens is 208 g/mol. The zero-order chi connectivity index (χ0) is 11.8. The Morgan fingerprint density at radius 3 is 2.47 bits per heavy atom. The van der Waals surface area contributed by atoms with Crippen molar-refractivity contribution in [3.63, 3.8) is 0 Å². The van der Waals surface area contributed by atoms with Gasteiger partial charge >= 0.3 is 0 Å². The lowest BCUT2D eigenvalue weighted by Gasteiger charge is -2.10. The zero-order valence-electron chi connectivity index (χ0n) is 10.0. The summed E-state index contributed by atoms with van der Waals surface area (Å²) in [6.45, 7) is 4.25. The van der Waals surface area contributed by atoms with Crippen LogP contribution in [0.1, 0.15) is 11.4 Å². The molecule has 0 atom stereocenters. The minimum atomic E-state index is 1.04. The highest BCUT2D eigenvalue weighted by Crippen LogP contribution is 2.20. The minimum absolute atomic E-state index is 1.04. The fourth-order valence-corrected chi connectivity index (χ4v) is 2.28. The molecule has 0 aliphatic carbocycles. The molecule has 2 nitrogen and oxygen atoms in total. The van der Waals surface area contributed by atoms with Crippen LogP contribution in [0, 0.1) is 13.8 Å². The standard InChI is InChI=1S/C15H14N2/c1-11-5-6-12(2)17(11)14-7-8-15-13(10-14)4-3-9-16-15/h3-10H,1-2H3. The maximum atomic E-state index is 4.34. The van der Waals surface area contributed by atoms with Gasteiger partial charge in [-0.2, -0.15) is 0 Å². The van der Waals surface area contributed by atoms with E-state index in [2.05, 4.69) is 59.8 Å². The van der Waals surface area contributed by atoms with Crippen LogP contribution in [0.4, 0.5) is 0 Å². The van der Waals surface area contributed by atoms with Crippen LogP contribution in [0.25, 0.3) is 16.6 Å². The van der Waals surface area contributed by atoms with E-state index in [1.54, 1.807) is 0 Å². The summed E-state index contributed by atoms with van der Waals surface area (Å²) in [6, 6.07) is 14.7. The monoisotopic (exact) mass is 222 g/mol. The molecule has 1 aromatic carbocycles. The van der Waals surface area contributed by atoms with E-state index in [9.17, 15) is 0 Å². The molecular formula is C15H14N2. The summed E-state index contributed by atoms with van der Waals surface area (Å²) < 4.78 is 2.26. The molecule has 2 heterocycles. The van der Waals surface area contributed by atoms with Crippen molar-refractivity contribution in [1.82, 2.24) is 9.55 Å². The fraction of sp³-hybridized carbons (Fsp3) is 0.133. The summed E-state index contributed by atoms with van der Waals surface area (Å²) in [5.41, 5.74) is 4.75. The molecule has 0 saturated carbocycles. The molecule has 3 aromatic rings. The van der Waals surface area contributed by atoms with E-state index in [1.807, 2.05) is 12.3 Å². The van der Waals surface area contributed by atoms with E-state index in [1.165, 1.54) is 22.5 Å². The van der Waals surface area contributed by atoms with Crippen molar-refractivity contribution < 1.29 is 0 Å². The lowest BCUT2D eigenvalue weighted by atomic mass is 10.2. The van der Waals surface area contributed by atoms with Crippen molar-refractivity contribution in [2.24, 2.45) is 0 Å². The molecule has 0 aliphatic rings. The van der Waals surface area contributed by atoms with Crippen molar-refractivity contribution in [2.75, 3.05) is 0 Å². The topological polar surface area (TPSA) is 17.8 Å². The molecule has 0 bridgehead atoms. The van der Waals surface area contributed by atoms with Crippen LogP contribution < -0.4 is 0 Å². The third-order valence-electron chi connectivity index (χ3n) is 3.12. The van der Waals surface area contributed by atoms with Crippen LogP contribution in [0.15, 0.2) is 48.7 Å². The Bertz CT molecular complexity index is 661. The number of aromatic nitrogens is 2. The first kappa shape index (κ1) is 10.1. The predicted octanol–water partition coefficient (Wildman–Crippen LogP) is 3.64. The number of fused-ring (bicyclic) bond motifs is 1. The third-order valence-corrected chi connectivity index (χ3v) is 3.12. The average molecular weight is 222 g/mol. The van der Waals surface area contributed by atoms with Crippen LogP contribution in [0.3, 0.4) is 0 Å². The molecule has 0 fully saturated rings. The summed E-state index contributed by atoms with van der Waals surface area (Å²) in [6.07, 6.45) is 1.83. The molecule has 0 amide bonds. The van der Waals surface area contributed by atoms with Crippen molar-refractivity contribution in [1.29, 1.82) is 0 Å². The Hall–Kier alpha value is -2.09. The van der Waals surface area contributed by atoms with Crippen molar-refractivity contribution in [3.8, 4) is 5.69 Å². The molecule has 2 aromatic heterocycles. The number of hydrogen-bond donors (Lipinski definition) is 0. The molecule has 0 aliphatic heterocycles. The van der Waals surface area contributed by atoms with Gasteiger partial charge in [-0.25, -0.2) is 0 Å². The number of hydrogen-bond acceptors (Lipinski definition) is 1. The number of pyridine rings is 1. The second-order valence-corrected chi connectivity index (χ2v) is 4.33. The van der Waals surface area contributed by atoms with E-state index in [0.29, 0.717) is 0 Å². The van der Waals surface area contributed by atoms with Gasteiger partial charge in [-0.1, -0.05) is 6.07 Å². The maximum Gasteiger partial charge on any atom is 0.0703 e. The van der Waals surface area contributed by atoms with Crippen molar-refractivity contribution >= 4 is 10.9 Å². The number of aryl methyl sites for hydroxylation is 2. The van der Waals surface area contributed by atoms with Crippen LogP contribution in [-0.4, -0.2) is 9.55 Å². The van der Waals surface area contributed by atoms with Crippen LogP contribution >= 0.6 is 0 Å². The Morgan fingerprint density at radius 1 is 0.941 bits per heavy atom. The van der Waals surface area contributed by atoms with Gasteiger partial charge in [0.05, 0.1) is 5.52 Å². The Labute approximate surface area is 101 Å². The molecule has 0 unspecified atom stereocenters. The quantitative estimate of drug-likeness (QED) is 0.614. The maximum absolute atomic E-state index is 4.34. The van der Waals surface area contributed by atoms with Crippen molar-refractivity contribution in [2.45, 2.75) is 13.8 Å². The van der Waals surface area contributed by atoms with Crippen LogP contribution in [-0.2, 0) is 0 Å². The summed E-state index contributed by atoms with van der Waals surface area (Å²) in [7, 11) is 0. The Balaban J connectivity index is 2.25. The molecule has 17 heavy (non-hydrogen) atoms. The molecule has 0 spiro atoms. The van der Waals surface area contributed by atoms with Gasteiger partial charge in [-0.15, -0.1) is 0 Å². The molecule has 0 saturated heterocycles. The van der Waals surface area contributed by atoms with Gasteiger partial charge in [0.1, 0.15) is 0 Å². The highest BCUT2D eigenvalue weighted by molar-refractivity contribution is 5.80. The first-order valence-electron chi connectivity index (χ1n) is 5.76. The average Bonchev–Trinajstić information content (AvgIpc) is 2.68.